The van der Waals surface area contributed by atoms with Crippen molar-refractivity contribution < 1.29 is 9.05 Å². The number of thiol groups is 1. The van der Waals surface area contributed by atoms with Crippen LogP contribution < -0.4 is 9.83 Å². The van der Waals surface area contributed by atoms with Crippen LogP contribution in [0.3, 0.4) is 0 Å². The lowest BCUT2D eigenvalue weighted by atomic mass is 10.2. The molecule has 1 aliphatic heterocycles. The van der Waals surface area contributed by atoms with E-state index in [0.717, 1.165) is 16.4 Å². The Hall–Kier alpha value is -1.09. The molecule has 0 N–H and O–H groups in total. The largest absolute Gasteiger partial charge is 0.412 e. The molecular formula is C13H13NO2PS+. The highest BCUT2D eigenvalue weighted by atomic mass is 32.7. The van der Waals surface area contributed by atoms with E-state index in [2.05, 4.69) is 17.2 Å². The summed E-state index contributed by atoms with van der Waals surface area (Å²) in [7, 11) is 0. The fourth-order valence-corrected chi connectivity index (χ4v) is 4.22. The molecule has 92 valence electrons. The first-order valence-electron chi connectivity index (χ1n) is 5.64. The highest BCUT2D eigenvalue weighted by molar-refractivity contribution is 8.52. The molecular weight excluding hydrogens is 265 g/mol. The second kappa shape index (κ2) is 4.54. The number of hydrogen-bond donors (Lipinski definition) is 1. The molecule has 0 amide bonds. The lowest BCUT2D eigenvalue weighted by Gasteiger charge is -2.23. The quantitative estimate of drug-likeness (QED) is 0.641. The van der Waals surface area contributed by atoms with Gasteiger partial charge in [0.15, 0.2) is 5.30 Å². The smallest absolute Gasteiger partial charge is 0.281 e. The van der Waals surface area contributed by atoms with Crippen molar-refractivity contribution in [1.29, 1.82) is 0 Å². The lowest BCUT2D eigenvalue weighted by molar-refractivity contribution is 0.275. The Morgan fingerprint density at radius 1 is 1.28 bits per heavy atom. The molecule has 5 heteroatoms. The minimum atomic E-state index is -2.33. The van der Waals surface area contributed by atoms with Gasteiger partial charge in [-0.25, -0.2) is 4.98 Å². The zero-order valence-corrected chi connectivity index (χ0v) is 11.7. The van der Waals surface area contributed by atoms with Gasteiger partial charge in [0.1, 0.15) is 6.61 Å². The first kappa shape index (κ1) is 12.0. The van der Waals surface area contributed by atoms with Gasteiger partial charge >= 0.3 is 6.92 Å². The van der Waals surface area contributed by atoms with Crippen LogP contribution in [-0.2, 0) is 11.1 Å². The van der Waals surface area contributed by atoms with E-state index in [1.54, 1.807) is 6.20 Å². The van der Waals surface area contributed by atoms with Crippen LogP contribution in [0.5, 0.6) is 5.88 Å². The van der Waals surface area contributed by atoms with Crippen molar-refractivity contribution in [3.05, 3.63) is 53.7 Å². The summed E-state index contributed by atoms with van der Waals surface area (Å²) < 4.78 is 11.7. The topological polar surface area (TPSA) is 31.4 Å². The third-order valence-electron chi connectivity index (χ3n) is 2.75. The van der Waals surface area contributed by atoms with Gasteiger partial charge in [0, 0.05) is 6.20 Å². The molecule has 0 bridgehead atoms. The summed E-state index contributed by atoms with van der Waals surface area (Å²) in [6.45, 7) is 0.167. The molecule has 2 heterocycles. The van der Waals surface area contributed by atoms with Crippen LogP contribution in [-0.4, -0.2) is 4.98 Å². The third-order valence-corrected chi connectivity index (χ3v) is 5.88. The van der Waals surface area contributed by atoms with Gasteiger partial charge in [-0.15, -0.1) is 0 Å². The van der Waals surface area contributed by atoms with E-state index >= 15 is 0 Å². The first-order chi connectivity index (χ1) is 8.67. The van der Waals surface area contributed by atoms with Crippen molar-refractivity contribution >= 4 is 24.5 Å². The molecule has 1 aliphatic rings. The van der Waals surface area contributed by atoms with Gasteiger partial charge in [-0.1, -0.05) is 18.2 Å². The van der Waals surface area contributed by atoms with Crippen LogP contribution in [0.25, 0.3) is 0 Å². The third kappa shape index (κ3) is 2.12. The molecule has 0 fully saturated rings. The second-order valence-corrected chi connectivity index (χ2v) is 7.78. The van der Waals surface area contributed by atoms with E-state index in [9.17, 15) is 0 Å². The maximum atomic E-state index is 5.90. The predicted octanol–water partition coefficient (Wildman–Crippen LogP) is 3.32. The van der Waals surface area contributed by atoms with Crippen LogP contribution >= 0.6 is 19.2 Å². The number of hydrogen-bond acceptors (Lipinski definition) is 4. The Morgan fingerprint density at radius 3 is 2.83 bits per heavy atom. The van der Waals surface area contributed by atoms with Gasteiger partial charge in [-0.3, -0.25) is 4.52 Å². The Labute approximate surface area is 112 Å². The average molecular weight is 278 g/mol. The molecule has 18 heavy (non-hydrogen) atoms. The van der Waals surface area contributed by atoms with E-state index < -0.39 is 6.92 Å². The van der Waals surface area contributed by atoms with Crippen molar-refractivity contribution in [2.45, 2.75) is 13.5 Å². The summed E-state index contributed by atoms with van der Waals surface area (Å²) in [5, 5.41) is 0.973. The standard InChI is InChI=1S/C13H13NO2PS/c1-10-7-11-9-15-17(18,16-13(11)14-8-10)12-5-3-2-4-6-12/h2-8,18H,9H2,1H3/q+1. The molecule has 0 radical (unpaired) electrons. The van der Waals surface area contributed by atoms with Crippen molar-refractivity contribution in [1.82, 2.24) is 4.98 Å². The fraction of sp³-hybridized carbons (Fsp3) is 0.154. The fourth-order valence-electron chi connectivity index (χ4n) is 1.85. The first-order valence-corrected chi connectivity index (χ1v) is 8.42. The van der Waals surface area contributed by atoms with Gasteiger partial charge < -0.3 is 0 Å². The van der Waals surface area contributed by atoms with Gasteiger partial charge in [0.25, 0.3) is 5.88 Å². The van der Waals surface area contributed by atoms with Crippen molar-refractivity contribution in [3.63, 3.8) is 0 Å². The highest BCUT2D eigenvalue weighted by Crippen LogP contribution is 2.66. The molecule has 1 unspecified atom stereocenters. The minimum Gasteiger partial charge on any atom is -0.281 e. The van der Waals surface area contributed by atoms with E-state index in [-0.39, 0.29) is 0 Å². The van der Waals surface area contributed by atoms with Gasteiger partial charge in [0.05, 0.1) is 17.8 Å². The van der Waals surface area contributed by atoms with Crippen LogP contribution in [0.2, 0.25) is 0 Å². The zero-order valence-electron chi connectivity index (χ0n) is 9.91. The molecule has 0 saturated heterocycles. The van der Waals surface area contributed by atoms with Crippen LogP contribution in [0, 0.1) is 6.92 Å². The summed E-state index contributed by atoms with van der Waals surface area (Å²) in [5.41, 5.74) is 2.08. The predicted molar refractivity (Wildman–Crippen MR) is 76.4 cm³/mol. The normalized spacial score (nSPS) is 22.1. The number of pyridine rings is 1. The minimum absolute atomic E-state index is 0.496. The van der Waals surface area contributed by atoms with Crippen LogP contribution in [0.15, 0.2) is 42.6 Å². The molecule has 0 aliphatic carbocycles. The zero-order chi connectivity index (χ0) is 12.6. The molecule has 2 aromatic rings. The molecule has 3 rings (SSSR count). The summed E-state index contributed by atoms with van der Waals surface area (Å²) in [6, 6.07) is 11.9. The Balaban J connectivity index is 1.97. The summed E-state index contributed by atoms with van der Waals surface area (Å²) >= 11 is 4.62. The van der Waals surface area contributed by atoms with Gasteiger partial charge in [-0.05, 0) is 30.7 Å². The highest BCUT2D eigenvalue weighted by Gasteiger charge is 2.47. The SMILES string of the molecule is Cc1cnc2c(c1)CO[P+](S)(c1ccccc1)O2. The number of aromatic nitrogens is 1. The maximum absolute atomic E-state index is 5.90. The van der Waals surface area contributed by atoms with E-state index in [4.69, 9.17) is 9.05 Å². The molecule has 1 aromatic carbocycles. The monoisotopic (exact) mass is 278 g/mol. The average Bonchev–Trinajstić information content (AvgIpc) is 2.40. The van der Waals surface area contributed by atoms with E-state index in [1.165, 1.54) is 0 Å². The molecule has 1 atom stereocenters. The molecule has 0 saturated carbocycles. The Morgan fingerprint density at radius 2 is 2.06 bits per heavy atom. The van der Waals surface area contributed by atoms with Crippen LogP contribution in [0.1, 0.15) is 11.1 Å². The van der Waals surface area contributed by atoms with E-state index in [0.29, 0.717) is 12.5 Å². The number of rotatable bonds is 1. The summed E-state index contributed by atoms with van der Waals surface area (Å²) in [4.78, 5) is 4.32. The van der Waals surface area contributed by atoms with Crippen molar-refractivity contribution in [2.24, 2.45) is 0 Å². The van der Waals surface area contributed by atoms with Gasteiger partial charge in [0.2, 0.25) is 0 Å². The van der Waals surface area contributed by atoms with Crippen molar-refractivity contribution in [3.8, 4) is 5.88 Å². The Kier molecular flexibility index (Phi) is 3.02. The molecule has 1 aromatic heterocycles. The van der Waals surface area contributed by atoms with Crippen LogP contribution in [0.4, 0.5) is 0 Å². The molecule has 0 spiro atoms. The maximum Gasteiger partial charge on any atom is 0.412 e. The number of benzene rings is 1. The van der Waals surface area contributed by atoms with E-state index in [1.807, 2.05) is 43.3 Å². The molecule has 3 nitrogen and oxygen atoms in total. The lowest BCUT2D eigenvalue weighted by Crippen LogP contribution is -2.19. The Bertz CT molecular complexity index is 578. The van der Waals surface area contributed by atoms with Crippen molar-refractivity contribution in [2.75, 3.05) is 0 Å². The van der Waals surface area contributed by atoms with Gasteiger partial charge in [-0.2, -0.15) is 4.52 Å². The summed E-state index contributed by atoms with van der Waals surface area (Å²) in [5.74, 6) is 0.638. The second-order valence-electron chi connectivity index (χ2n) is 4.20. The number of nitrogens with zero attached hydrogens (tertiary/aromatic N) is 1. The number of aryl methyl sites for hydroxylation is 1. The number of fused-ring (bicyclic) bond motifs is 1. The summed E-state index contributed by atoms with van der Waals surface area (Å²) in [6.07, 6.45) is 1.80.